The van der Waals surface area contributed by atoms with Gasteiger partial charge in [-0.15, -0.1) is 0 Å². The van der Waals surface area contributed by atoms with Crippen molar-refractivity contribution in [1.29, 1.82) is 0 Å². The standard InChI is InChI=1S/C38H24/c1-2-13-28-24-29(21-20-25(28)10-1)36-33-17-7-8-18-34(33)38(32-19-9-14-26-11-3-5-15-30(26)32)37-31-16-6-4-12-27(31)22-23-35(36)37/h1-24H. The van der Waals surface area contributed by atoms with Gasteiger partial charge in [-0.2, -0.15) is 0 Å². The first-order chi connectivity index (χ1) is 18.9. The molecule has 0 aromatic heterocycles. The van der Waals surface area contributed by atoms with Gasteiger partial charge < -0.3 is 0 Å². The molecule has 0 radical (unpaired) electrons. The van der Waals surface area contributed by atoms with Gasteiger partial charge in [0.2, 0.25) is 0 Å². The first-order valence-corrected chi connectivity index (χ1v) is 13.2. The minimum Gasteiger partial charge on any atom is -0.0616 e. The molecule has 0 saturated carbocycles. The van der Waals surface area contributed by atoms with Crippen LogP contribution in [-0.2, 0) is 0 Å². The fraction of sp³-hybridized carbons (Fsp3) is 0. The Morgan fingerprint density at radius 3 is 1.63 bits per heavy atom. The van der Waals surface area contributed by atoms with Crippen LogP contribution in [0.2, 0.25) is 0 Å². The summed E-state index contributed by atoms with van der Waals surface area (Å²) in [6.07, 6.45) is 0. The van der Waals surface area contributed by atoms with Crippen LogP contribution in [0.5, 0.6) is 0 Å². The van der Waals surface area contributed by atoms with Crippen LogP contribution < -0.4 is 0 Å². The lowest BCUT2D eigenvalue weighted by Crippen LogP contribution is -1.93. The highest BCUT2D eigenvalue weighted by atomic mass is 14.2. The molecule has 0 heteroatoms. The fourth-order valence-corrected chi connectivity index (χ4v) is 6.33. The van der Waals surface area contributed by atoms with Gasteiger partial charge in [0.15, 0.2) is 0 Å². The summed E-state index contributed by atoms with van der Waals surface area (Å²) < 4.78 is 0. The molecule has 8 rings (SSSR count). The topological polar surface area (TPSA) is 0 Å². The van der Waals surface area contributed by atoms with E-state index in [-0.39, 0.29) is 0 Å². The van der Waals surface area contributed by atoms with E-state index in [1.807, 2.05) is 0 Å². The molecule has 8 aromatic rings. The maximum atomic E-state index is 2.35. The summed E-state index contributed by atoms with van der Waals surface area (Å²) in [6.45, 7) is 0. The van der Waals surface area contributed by atoms with E-state index in [1.165, 1.54) is 76.1 Å². The van der Waals surface area contributed by atoms with E-state index in [0.717, 1.165) is 0 Å². The summed E-state index contributed by atoms with van der Waals surface area (Å²) >= 11 is 0. The van der Waals surface area contributed by atoms with Crippen LogP contribution in [0.3, 0.4) is 0 Å². The second-order valence-electron chi connectivity index (χ2n) is 10.1. The Morgan fingerprint density at radius 2 is 0.842 bits per heavy atom. The second-order valence-corrected chi connectivity index (χ2v) is 10.1. The molecule has 0 nitrogen and oxygen atoms in total. The van der Waals surface area contributed by atoms with Crippen molar-refractivity contribution < 1.29 is 0 Å². The van der Waals surface area contributed by atoms with Gasteiger partial charge in [-0.05, 0) is 82.2 Å². The lowest BCUT2D eigenvalue weighted by Gasteiger charge is -2.20. The van der Waals surface area contributed by atoms with E-state index in [4.69, 9.17) is 0 Å². The monoisotopic (exact) mass is 480 g/mol. The Hall–Kier alpha value is -4.94. The summed E-state index contributed by atoms with van der Waals surface area (Å²) in [5, 5.41) is 12.8. The van der Waals surface area contributed by atoms with Crippen molar-refractivity contribution in [2.45, 2.75) is 0 Å². The molecule has 0 atom stereocenters. The van der Waals surface area contributed by atoms with Gasteiger partial charge in [0.25, 0.3) is 0 Å². The van der Waals surface area contributed by atoms with Gasteiger partial charge in [0.1, 0.15) is 0 Å². The molecule has 0 fully saturated rings. The van der Waals surface area contributed by atoms with Gasteiger partial charge in [-0.25, -0.2) is 0 Å². The quantitative estimate of drug-likeness (QED) is 0.170. The molecule has 38 heavy (non-hydrogen) atoms. The summed E-state index contributed by atoms with van der Waals surface area (Å²) in [4.78, 5) is 0. The summed E-state index contributed by atoms with van der Waals surface area (Å²) in [5.74, 6) is 0. The van der Waals surface area contributed by atoms with Crippen LogP contribution >= 0.6 is 0 Å². The zero-order valence-electron chi connectivity index (χ0n) is 20.9. The van der Waals surface area contributed by atoms with Crippen molar-refractivity contribution in [1.82, 2.24) is 0 Å². The predicted molar refractivity (Wildman–Crippen MR) is 165 cm³/mol. The van der Waals surface area contributed by atoms with Crippen LogP contribution in [0.15, 0.2) is 146 Å². The molecule has 0 amide bonds. The molecule has 0 spiro atoms. The summed E-state index contributed by atoms with van der Waals surface area (Å²) in [5.41, 5.74) is 5.15. The molecule has 176 valence electrons. The van der Waals surface area contributed by atoms with Gasteiger partial charge in [-0.3, -0.25) is 0 Å². The van der Waals surface area contributed by atoms with Crippen molar-refractivity contribution in [2.75, 3.05) is 0 Å². The van der Waals surface area contributed by atoms with Gasteiger partial charge >= 0.3 is 0 Å². The Morgan fingerprint density at radius 1 is 0.289 bits per heavy atom. The average molecular weight is 481 g/mol. The van der Waals surface area contributed by atoms with E-state index < -0.39 is 0 Å². The molecule has 8 aromatic carbocycles. The molecule has 0 aliphatic carbocycles. The molecule has 0 aliphatic rings. The number of rotatable bonds is 2. The molecule has 0 heterocycles. The highest BCUT2D eigenvalue weighted by molar-refractivity contribution is 6.29. The molecule has 0 bridgehead atoms. The van der Waals surface area contributed by atoms with Crippen molar-refractivity contribution >= 4 is 53.9 Å². The Kier molecular flexibility index (Phi) is 4.62. The zero-order valence-corrected chi connectivity index (χ0v) is 20.9. The molecule has 0 unspecified atom stereocenters. The van der Waals surface area contributed by atoms with Crippen molar-refractivity contribution in [3.05, 3.63) is 146 Å². The van der Waals surface area contributed by atoms with E-state index >= 15 is 0 Å². The van der Waals surface area contributed by atoms with E-state index in [0.29, 0.717) is 0 Å². The third-order valence-electron chi connectivity index (χ3n) is 8.01. The van der Waals surface area contributed by atoms with Crippen LogP contribution in [0.4, 0.5) is 0 Å². The lowest BCUT2D eigenvalue weighted by molar-refractivity contribution is 1.69. The van der Waals surface area contributed by atoms with Crippen LogP contribution in [-0.4, -0.2) is 0 Å². The SMILES string of the molecule is c1ccc2cc(-c3c4ccccc4c(-c4cccc5ccccc45)c4c3ccc3ccccc34)ccc2c1. The Labute approximate surface area is 221 Å². The van der Waals surface area contributed by atoms with Gasteiger partial charge in [0.05, 0.1) is 0 Å². The minimum atomic E-state index is 1.25. The Balaban J connectivity index is 1.62. The third-order valence-corrected chi connectivity index (χ3v) is 8.01. The predicted octanol–water partition coefficient (Wildman–Crippen LogP) is 10.8. The lowest BCUT2D eigenvalue weighted by atomic mass is 9.83. The Bertz CT molecular complexity index is 2180. The minimum absolute atomic E-state index is 1.25. The normalized spacial score (nSPS) is 11.7. The molecule has 0 saturated heterocycles. The smallest absolute Gasteiger partial charge is 0.00139 e. The van der Waals surface area contributed by atoms with E-state index in [2.05, 4.69) is 146 Å². The van der Waals surface area contributed by atoms with E-state index in [1.54, 1.807) is 0 Å². The highest BCUT2D eigenvalue weighted by Crippen LogP contribution is 2.47. The maximum Gasteiger partial charge on any atom is -0.00139 e. The van der Waals surface area contributed by atoms with Crippen molar-refractivity contribution in [3.8, 4) is 22.3 Å². The van der Waals surface area contributed by atoms with Gasteiger partial charge in [-0.1, -0.05) is 140 Å². The first kappa shape index (κ1) is 21.2. The van der Waals surface area contributed by atoms with Crippen molar-refractivity contribution in [3.63, 3.8) is 0 Å². The highest BCUT2D eigenvalue weighted by Gasteiger charge is 2.19. The molecule has 0 aliphatic heterocycles. The van der Waals surface area contributed by atoms with E-state index in [9.17, 15) is 0 Å². The fourth-order valence-electron chi connectivity index (χ4n) is 6.33. The maximum absolute atomic E-state index is 2.35. The largest absolute Gasteiger partial charge is 0.0616 e. The number of benzene rings is 8. The van der Waals surface area contributed by atoms with Gasteiger partial charge in [0, 0.05) is 0 Å². The summed E-state index contributed by atoms with van der Waals surface area (Å²) in [6, 6.07) is 53.4. The second kappa shape index (κ2) is 8.30. The third kappa shape index (κ3) is 3.11. The molecule has 0 N–H and O–H groups in total. The summed E-state index contributed by atoms with van der Waals surface area (Å²) in [7, 11) is 0. The number of fused-ring (bicyclic) bond motifs is 6. The number of hydrogen-bond donors (Lipinski definition) is 0. The van der Waals surface area contributed by atoms with Crippen LogP contribution in [0.1, 0.15) is 0 Å². The zero-order chi connectivity index (χ0) is 25.1. The van der Waals surface area contributed by atoms with Crippen LogP contribution in [0.25, 0.3) is 76.1 Å². The molecular weight excluding hydrogens is 456 g/mol. The van der Waals surface area contributed by atoms with Crippen molar-refractivity contribution in [2.24, 2.45) is 0 Å². The average Bonchev–Trinajstić information content (AvgIpc) is 2.99. The van der Waals surface area contributed by atoms with Crippen LogP contribution in [0, 0.1) is 0 Å². The number of hydrogen-bond acceptors (Lipinski definition) is 0. The molecular formula is C38H24. The first-order valence-electron chi connectivity index (χ1n) is 13.2.